The Kier molecular flexibility index (Phi) is 14.5. The molecule has 0 bridgehead atoms. The fraction of sp³-hybridized carbons (Fsp3) is 0.833. The summed E-state index contributed by atoms with van der Waals surface area (Å²) in [5.74, 6) is -2.06. The highest BCUT2D eigenvalue weighted by Gasteiger charge is 2.52. The summed E-state index contributed by atoms with van der Waals surface area (Å²) in [5.41, 5.74) is 0. The molecule has 11 nitrogen and oxygen atoms in total. The zero-order valence-corrected chi connectivity index (χ0v) is 21.4. The van der Waals surface area contributed by atoms with Gasteiger partial charge in [0.2, 0.25) is 12.2 Å². The van der Waals surface area contributed by atoms with Crippen molar-refractivity contribution in [2.75, 3.05) is 6.61 Å². The number of carbonyl (C=O) groups is 4. The maximum atomic E-state index is 12.5. The van der Waals surface area contributed by atoms with Gasteiger partial charge < -0.3 is 34.1 Å². The third kappa shape index (κ3) is 10.9. The minimum absolute atomic E-state index is 0.0950. The molecule has 0 aromatic carbocycles. The Balaban J connectivity index is 3.43. The van der Waals surface area contributed by atoms with Crippen LogP contribution in [0.1, 0.15) is 86.0 Å². The third-order valence-corrected chi connectivity index (χ3v) is 5.10. The molecule has 0 aliphatic carbocycles. The zero-order chi connectivity index (χ0) is 26.4. The molecule has 6 atom stereocenters. The zero-order valence-electron chi connectivity index (χ0n) is 21.4. The number of nitrogens with one attached hydrogen (secondary N) is 1. The van der Waals surface area contributed by atoms with Crippen molar-refractivity contribution in [3.8, 4) is 0 Å². The maximum Gasteiger partial charge on any atom is 0.308 e. The molecule has 11 heteroatoms. The average Bonchev–Trinajstić information content (AvgIpc) is 2.77. The molecule has 35 heavy (non-hydrogen) atoms. The van der Waals surface area contributed by atoms with E-state index in [1.807, 2.05) is 13.8 Å². The van der Waals surface area contributed by atoms with E-state index in [0.29, 0.717) is 25.7 Å². The lowest BCUT2D eigenvalue weighted by molar-refractivity contribution is -0.279. The van der Waals surface area contributed by atoms with E-state index < -0.39 is 54.8 Å². The number of carbonyl (C=O) groups excluding carboxylic acids is 4. The van der Waals surface area contributed by atoms with Gasteiger partial charge in [0.05, 0.1) is 6.61 Å². The summed E-state index contributed by atoms with van der Waals surface area (Å²) < 4.78 is 28.1. The Labute approximate surface area is 207 Å². The van der Waals surface area contributed by atoms with Crippen LogP contribution in [0, 0.1) is 0 Å². The van der Waals surface area contributed by atoms with Crippen LogP contribution in [0.5, 0.6) is 0 Å². The van der Waals surface area contributed by atoms with E-state index in [4.69, 9.17) is 23.7 Å². The summed E-state index contributed by atoms with van der Waals surface area (Å²) >= 11 is 0. The second kappa shape index (κ2) is 16.4. The van der Waals surface area contributed by atoms with Crippen molar-refractivity contribution in [3.63, 3.8) is 0 Å². The van der Waals surface area contributed by atoms with Gasteiger partial charge in [-0.1, -0.05) is 27.7 Å². The molecular formula is C24H41NO10. The summed E-state index contributed by atoms with van der Waals surface area (Å²) in [6.45, 7) is 8.39. The molecule has 0 radical (unpaired) electrons. The minimum atomic E-state index is -1.34. The number of esters is 3. The van der Waals surface area contributed by atoms with Gasteiger partial charge in [-0.05, 0) is 32.6 Å². The maximum absolute atomic E-state index is 12.5. The van der Waals surface area contributed by atoms with Gasteiger partial charge in [0.15, 0.2) is 18.5 Å². The first kappa shape index (κ1) is 30.8. The largest absolute Gasteiger partial charge is 0.456 e. The summed E-state index contributed by atoms with van der Waals surface area (Å²) in [5, 5.41) is 12.4. The predicted octanol–water partition coefficient (Wildman–Crippen LogP) is 2.12. The lowest BCUT2D eigenvalue weighted by atomic mass is 10.0. The summed E-state index contributed by atoms with van der Waals surface area (Å²) in [4.78, 5) is 49.9. The molecule has 0 aromatic rings. The number of aliphatic hydroxyl groups excluding tert-OH is 1. The molecule has 202 valence electrons. The van der Waals surface area contributed by atoms with Gasteiger partial charge in [-0.15, -0.1) is 0 Å². The van der Waals surface area contributed by atoms with Gasteiger partial charge in [-0.2, -0.15) is 0 Å². The van der Waals surface area contributed by atoms with Gasteiger partial charge in [-0.25, -0.2) is 0 Å². The average molecular weight is 524 g/mol. The first-order valence-corrected chi connectivity index (χ1v) is 12.5. The Morgan fingerprint density at radius 2 is 1.29 bits per heavy atom. The fourth-order valence-electron chi connectivity index (χ4n) is 3.52. The van der Waals surface area contributed by atoms with Crippen molar-refractivity contribution in [1.82, 2.24) is 5.32 Å². The van der Waals surface area contributed by atoms with Crippen LogP contribution in [0.25, 0.3) is 0 Å². The van der Waals surface area contributed by atoms with Crippen molar-refractivity contribution in [1.29, 1.82) is 0 Å². The Bertz CT molecular complexity index is 683. The highest BCUT2D eigenvalue weighted by molar-refractivity contribution is 5.77. The summed E-state index contributed by atoms with van der Waals surface area (Å²) in [6.07, 6.45) is -3.33. The van der Waals surface area contributed by atoms with Gasteiger partial charge >= 0.3 is 17.9 Å². The van der Waals surface area contributed by atoms with E-state index in [9.17, 15) is 24.3 Å². The van der Waals surface area contributed by atoms with Crippen molar-refractivity contribution < 1.29 is 48.0 Å². The summed E-state index contributed by atoms with van der Waals surface area (Å²) in [6, 6.07) is -1.13. The molecule has 1 aliphatic heterocycles. The van der Waals surface area contributed by atoms with Crippen molar-refractivity contribution in [3.05, 3.63) is 0 Å². The highest BCUT2D eigenvalue weighted by Crippen LogP contribution is 2.29. The van der Waals surface area contributed by atoms with E-state index >= 15 is 0 Å². The van der Waals surface area contributed by atoms with Crippen molar-refractivity contribution in [2.45, 2.75) is 123 Å². The third-order valence-electron chi connectivity index (χ3n) is 5.10. The van der Waals surface area contributed by atoms with Crippen LogP contribution in [0.2, 0.25) is 0 Å². The second-order valence-electron chi connectivity index (χ2n) is 8.47. The number of ether oxygens (including phenoxy) is 5. The number of hydrogen-bond donors (Lipinski definition) is 2. The Morgan fingerprint density at radius 3 is 1.77 bits per heavy atom. The van der Waals surface area contributed by atoms with E-state index in [-0.39, 0.29) is 38.2 Å². The van der Waals surface area contributed by atoms with Crippen molar-refractivity contribution in [2.24, 2.45) is 0 Å². The molecule has 1 rings (SSSR count). The lowest BCUT2D eigenvalue weighted by Gasteiger charge is -2.45. The number of rotatable bonds is 15. The molecule has 2 unspecified atom stereocenters. The number of hydrogen-bond acceptors (Lipinski definition) is 10. The van der Waals surface area contributed by atoms with Crippen LogP contribution in [0.4, 0.5) is 0 Å². The predicted molar refractivity (Wildman–Crippen MR) is 124 cm³/mol. The molecule has 1 heterocycles. The van der Waals surface area contributed by atoms with Gasteiger partial charge in [0.1, 0.15) is 12.1 Å². The smallest absolute Gasteiger partial charge is 0.308 e. The van der Waals surface area contributed by atoms with Gasteiger partial charge in [0.25, 0.3) is 0 Å². The monoisotopic (exact) mass is 523 g/mol. The highest BCUT2D eigenvalue weighted by atomic mass is 18.5. The minimum Gasteiger partial charge on any atom is -0.456 e. The van der Waals surface area contributed by atoms with Crippen molar-refractivity contribution >= 4 is 23.8 Å². The van der Waals surface area contributed by atoms with E-state index in [1.54, 1.807) is 13.8 Å². The lowest BCUT2D eigenvalue weighted by Crippen LogP contribution is -2.67. The van der Waals surface area contributed by atoms with Crippen LogP contribution in [0.15, 0.2) is 0 Å². The molecule has 1 saturated heterocycles. The molecular weight excluding hydrogens is 482 g/mol. The first-order valence-electron chi connectivity index (χ1n) is 12.5. The van der Waals surface area contributed by atoms with E-state index in [0.717, 1.165) is 0 Å². The van der Waals surface area contributed by atoms with Crippen LogP contribution < -0.4 is 5.32 Å². The van der Waals surface area contributed by atoms with Crippen LogP contribution in [-0.4, -0.2) is 72.5 Å². The second-order valence-corrected chi connectivity index (χ2v) is 8.47. The first-order chi connectivity index (χ1) is 16.7. The Hall–Kier alpha value is -2.24. The SMILES string of the molecule is CCCC(=[18O])N[C@H]1C([18O]C(=[18O])CCC)[18O][C@H](C[18O]C(C)[18OH])[C@@H]([18O]C(=[18O])CCC)[C@@H]1[18O]C(=[18O])CCC. The summed E-state index contributed by atoms with van der Waals surface area (Å²) in [7, 11) is 0. The van der Waals surface area contributed by atoms with Crippen LogP contribution >= 0.6 is 0 Å². The molecule has 0 spiro atoms. The molecule has 0 aromatic heterocycles. The molecule has 2 N–H and O–H groups in total. The number of amides is 1. The normalized spacial score (nSPS) is 24.8. The quantitative estimate of drug-likeness (QED) is 0.142. The fourth-order valence-corrected chi connectivity index (χ4v) is 3.52. The molecule has 0 saturated carbocycles. The Morgan fingerprint density at radius 1 is 0.800 bits per heavy atom. The molecule has 1 fully saturated rings. The molecule has 1 aliphatic rings. The van der Waals surface area contributed by atoms with Crippen LogP contribution in [0.3, 0.4) is 0 Å². The van der Waals surface area contributed by atoms with Gasteiger partial charge in [0, 0.05) is 25.7 Å². The molecule has 1 amide bonds. The topological polar surface area (TPSA) is 147 Å². The standard InChI is InChI=1S/C24H41NO10/c1-6-10-17(27)25-21-23(34-19(29)12-8-3)22(33-18(28)11-7-2)16(14-31-15(5)26)32-24(21)35-20(30)13-9-4/h15-16,21-24,26H,6-14H2,1-5H3,(H,25,27)/t15?,16-,21-,22-,23-,24?/m1/s1/i26+2,27+2,28+2,29+2,30+2,31+2,32+2,33+2,34+2,35+2. The van der Waals surface area contributed by atoms with Crippen LogP contribution in [-0.2, 0) is 42.9 Å². The van der Waals surface area contributed by atoms with Gasteiger partial charge in [-0.3, -0.25) is 19.2 Å². The number of aliphatic hydroxyl groups is 1. The van der Waals surface area contributed by atoms with E-state index in [2.05, 4.69) is 5.32 Å². The van der Waals surface area contributed by atoms with E-state index in [1.165, 1.54) is 6.92 Å².